The Bertz CT molecular complexity index is 442. The van der Waals surface area contributed by atoms with E-state index in [1.165, 1.54) is 6.07 Å². The van der Waals surface area contributed by atoms with Gasteiger partial charge in [-0.2, -0.15) is 0 Å². The Labute approximate surface area is 100 Å². The second kappa shape index (κ2) is 4.87. The molecule has 2 rings (SSSR count). The van der Waals surface area contributed by atoms with Gasteiger partial charge in [-0.1, -0.05) is 13.8 Å². The van der Waals surface area contributed by atoms with Gasteiger partial charge in [-0.05, 0) is 12.8 Å². The minimum absolute atomic E-state index is 0.101. The molecule has 1 aromatic heterocycles. The lowest BCUT2D eigenvalue weighted by Crippen LogP contribution is -2.34. The number of hydrogen-bond donors (Lipinski definition) is 2. The van der Waals surface area contributed by atoms with Crippen molar-refractivity contribution in [3.63, 3.8) is 0 Å². The van der Waals surface area contributed by atoms with Crippen molar-refractivity contribution in [2.45, 2.75) is 38.6 Å². The standard InChI is InChI=1S/C12H19N3O2/c1-8(2)12-13-10(6-11(17)14-12)15-5-3-4-9(15)7-16/h6,8-9,16H,3-5,7H2,1-2H3,(H,13,14,17). The number of hydrogen-bond acceptors (Lipinski definition) is 4. The van der Waals surface area contributed by atoms with Gasteiger partial charge < -0.3 is 15.0 Å². The van der Waals surface area contributed by atoms with E-state index in [2.05, 4.69) is 9.97 Å². The number of anilines is 1. The van der Waals surface area contributed by atoms with E-state index in [4.69, 9.17) is 0 Å². The van der Waals surface area contributed by atoms with Crippen molar-refractivity contribution in [1.82, 2.24) is 9.97 Å². The summed E-state index contributed by atoms with van der Waals surface area (Å²) in [5, 5.41) is 9.29. The first-order valence-corrected chi connectivity index (χ1v) is 6.10. The molecule has 0 radical (unpaired) electrons. The molecule has 0 spiro atoms. The van der Waals surface area contributed by atoms with Crippen molar-refractivity contribution in [3.8, 4) is 0 Å². The molecular formula is C12H19N3O2. The summed E-state index contributed by atoms with van der Waals surface area (Å²) in [5.41, 5.74) is -0.123. The molecule has 0 amide bonds. The van der Waals surface area contributed by atoms with E-state index in [0.717, 1.165) is 19.4 Å². The molecule has 1 aliphatic heterocycles. The first kappa shape index (κ1) is 12.1. The number of aromatic nitrogens is 2. The molecule has 2 heterocycles. The Morgan fingerprint density at radius 1 is 1.65 bits per heavy atom. The number of aromatic amines is 1. The maximum Gasteiger partial charge on any atom is 0.252 e. The molecule has 2 N–H and O–H groups in total. The van der Waals surface area contributed by atoms with Gasteiger partial charge in [-0.3, -0.25) is 4.79 Å². The minimum atomic E-state index is -0.123. The zero-order chi connectivity index (χ0) is 12.4. The van der Waals surface area contributed by atoms with Crippen LogP contribution in [0, 0.1) is 0 Å². The fraction of sp³-hybridized carbons (Fsp3) is 0.667. The molecule has 1 aromatic rings. The molecule has 1 saturated heterocycles. The van der Waals surface area contributed by atoms with Crippen LogP contribution in [0.25, 0.3) is 0 Å². The first-order chi connectivity index (χ1) is 8.11. The largest absolute Gasteiger partial charge is 0.394 e. The molecule has 1 fully saturated rings. The average molecular weight is 237 g/mol. The molecule has 94 valence electrons. The Balaban J connectivity index is 2.34. The van der Waals surface area contributed by atoms with Gasteiger partial charge in [-0.25, -0.2) is 4.98 Å². The quantitative estimate of drug-likeness (QED) is 0.818. The van der Waals surface area contributed by atoms with Crippen LogP contribution in [0.4, 0.5) is 5.82 Å². The van der Waals surface area contributed by atoms with Crippen LogP contribution < -0.4 is 10.5 Å². The van der Waals surface area contributed by atoms with Crippen molar-refractivity contribution in [3.05, 3.63) is 22.2 Å². The number of aliphatic hydroxyl groups is 1. The molecule has 1 atom stereocenters. The summed E-state index contributed by atoms with van der Waals surface area (Å²) >= 11 is 0. The summed E-state index contributed by atoms with van der Waals surface area (Å²) in [4.78, 5) is 20.8. The predicted molar refractivity (Wildman–Crippen MR) is 66.4 cm³/mol. The van der Waals surface area contributed by atoms with Gasteiger partial charge in [0.05, 0.1) is 12.6 Å². The van der Waals surface area contributed by atoms with E-state index in [1.807, 2.05) is 18.7 Å². The van der Waals surface area contributed by atoms with Gasteiger partial charge in [0.15, 0.2) is 0 Å². The van der Waals surface area contributed by atoms with Crippen LogP contribution in [0.1, 0.15) is 38.4 Å². The number of rotatable bonds is 3. The lowest BCUT2D eigenvalue weighted by molar-refractivity contribution is 0.266. The topological polar surface area (TPSA) is 69.2 Å². The van der Waals surface area contributed by atoms with Crippen LogP contribution >= 0.6 is 0 Å². The molecule has 0 aliphatic carbocycles. The molecule has 5 heteroatoms. The summed E-state index contributed by atoms with van der Waals surface area (Å²) < 4.78 is 0. The van der Waals surface area contributed by atoms with E-state index in [9.17, 15) is 9.90 Å². The fourth-order valence-corrected chi connectivity index (χ4v) is 2.21. The molecular weight excluding hydrogens is 218 g/mol. The van der Waals surface area contributed by atoms with Crippen molar-refractivity contribution in [2.24, 2.45) is 0 Å². The van der Waals surface area contributed by atoms with E-state index in [0.29, 0.717) is 11.6 Å². The van der Waals surface area contributed by atoms with Crippen LogP contribution in [0.5, 0.6) is 0 Å². The predicted octanol–water partition coefficient (Wildman–Crippen LogP) is 0.854. The number of nitrogens with zero attached hydrogens (tertiary/aromatic N) is 2. The van der Waals surface area contributed by atoms with Gasteiger partial charge in [0.1, 0.15) is 11.6 Å². The van der Waals surface area contributed by atoms with Gasteiger partial charge in [-0.15, -0.1) is 0 Å². The van der Waals surface area contributed by atoms with Gasteiger partial charge in [0, 0.05) is 18.5 Å². The van der Waals surface area contributed by atoms with Gasteiger partial charge in [0.2, 0.25) is 0 Å². The first-order valence-electron chi connectivity index (χ1n) is 6.10. The molecule has 0 aromatic carbocycles. The van der Waals surface area contributed by atoms with Crippen LogP contribution in [0.15, 0.2) is 10.9 Å². The Kier molecular flexibility index (Phi) is 3.47. The second-order valence-corrected chi connectivity index (χ2v) is 4.82. The third-order valence-electron chi connectivity index (χ3n) is 3.18. The average Bonchev–Trinajstić information content (AvgIpc) is 2.76. The molecule has 0 saturated carbocycles. The van der Waals surface area contributed by atoms with E-state index in [-0.39, 0.29) is 24.1 Å². The zero-order valence-electron chi connectivity index (χ0n) is 10.3. The van der Waals surface area contributed by atoms with Crippen molar-refractivity contribution in [1.29, 1.82) is 0 Å². The molecule has 17 heavy (non-hydrogen) atoms. The minimum Gasteiger partial charge on any atom is -0.394 e. The maximum atomic E-state index is 11.6. The Hall–Kier alpha value is -1.36. The maximum absolute atomic E-state index is 11.6. The third-order valence-corrected chi connectivity index (χ3v) is 3.18. The van der Waals surface area contributed by atoms with E-state index in [1.54, 1.807) is 0 Å². The number of H-pyrrole nitrogens is 1. The van der Waals surface area contributed by atoms with Crippen LogP contribution in [0.3, 0.4) is 0 Å². The highest BCUT2D eigenvalue weighted by Crippen LogP contribution is 2.23. The van der Waals surface area contributed by atoms with E-state index < -0.39 is 0 Å². The normalized spacial score (nSPS) is 20.2. The lowest BCUT2D eigenvalue weighted by Gasteiger charge is -2.24. The highest BCUT2D eigenvalue weighted by atomic mass is 16.3. The van der Waals surface area contributed by atoms with Crippen molar-refractivity contribution in [2.75, 3.05) is 18.1 Å². The lowest BCUT2D eigenvalue weighted by atomic mass is 10.2. The molecule has 0 bridgehead atoms. The Morgan fingerprint density at radius 2 is 2.41 bits per heavy atom. The Morgan fingerprint density at radius 3 is 3.06 bits per heavy atom. The number of aliphatic hydroxyl groups excluding tert-OH is 1. The smallest absolute Gasteiger partial charge is 0.252 e. The highest BCUT2D eigenvalue weighted by Gasteiger charge is 2.25. The van der Waals surface area contributed by atoms with Crippen LogP contribution in [-0.4, -0.2) is 34.3 Å². The SMILES string of the molecule is CC(C)c1nc(N2CCCC2CO)cc(=O)[nH]1. The van der Waals surface area contributed by atoms with Gasteiger partial charge >= 0.3 is 0 Å². The van der Waals surface area contributed by atoms with E-state index >= 15 is 0 Å². The second-order valence-electron chi connectivity index (χ2n) is 4.82. The fourth-order valence-electron chi connectivity index (χ4n) is 2.21. The highest BCUT2D eigenvalue weighted by molar-refractivity contribution is 5.40. The monoisotopic (exact) mass is 237 g/mol. The van der Waals surface area contributed by atoms with Crippen LogP contribution in [0.2, 0.25) is 0 Å². The van der Waals surface area contributed by atoms with Crippen LogP contribution in [-0.2, 0) is 0 Å². The summed E-state index contributed by atoms with van der Waals surface area (Å²) in [6.45, 7) is 4.97. The summed E-state index contributed by atoms with van der Waals surface area (Å²) in [7, 11) is 0. The summed E-state index contributed by atoms with van der Waals surface area (Å²) in [6, 6.07) is 1.61. The third kappa shape index (κ3) is 2.49. The van der Waals surface area contributed by atoms with Gasteiger partial charge in [0.25, 0.3) is 5.56 Å². The number of nitrogens with one attached hydrogen (secondary N) is 1. The zero-order valence-corrected chi connectivity index (χ0v) is 10.3. The summed E-state index contributed by atoms with van der Waals surface area (Å²) in [5.74, 6) is 1.59. The summed E-state index contributed by atoms with van der Waals surface area (Å²) in [6.07, 6.45) is 2.00. The van der Waals surface area contributed by atoms with Crippen molar-refractivity contribution < 1.29 is 5.11 Å². The molecule has 1 aliphatic rings. The van der Waals surface area contributed by atoms with Crippen molar-refractivity contribution >= 4 is 5.82 Å². The molecule has 1 unspecified atom stereocenters. The molecule has 5 nitrogen and oxygen atoms in total.